The van der Waals surface area contributed by atoms with Crippen molar-refractivity contribution in [2.45, 2.75) is 17.5 Å². The van der Waals surface area contributed by atoms with E-state index in [-0.39, 0.29) is 18.1 Å². The Labute approximate surface area is 205 Å². The number of nitrogens with one attached hydrogen (secondary N) is 3. The van der Waals surface area contributed by atoms with Gasteiger partial charge in [0.2, 0.25) is 0 Å². The van der Waals surface area contributed by atoms with Gasteiger partial charge in [-0.25, -0.2) is 9.78 Å². The maximum Gasteiger partial charge on any atom is 0.319 e. The van der Waals surface area contributed by atoms with Crippen molar-refractivity contribution in [1.29, 1.82) is 5.26 Å². The van der Waals surface area contributed by atoms with E-state index in [1.807, 2.05) is 24.3 Å². The molecule has 2 aromatic carbocycles. The lowest BCUT2D eigenvalue weighted by Gasteiger charge is -2.09. The van der Waals surface area contributed by atoms with E-state index in [1.54, 1.807) is 55.8 Å². The van der Waals surface area contributed by atoms with Crippen molar-refractivity contribution >= 4 is 23.5 Å². The normalized spacial score (nSPS) is 10.4. The van der Waals surface area contributed by atoms with Gasteiger partial charge in [0.1, 0.15) is 23.1 Å². The average molecular weight is 488 g/mol. The molecule has 0 saturated carbocycles. The number of anilines is 1. The molecule has 0 fully saturated rings. The molecule has 35 heavy (non-hydrogen) atoms. The Balaban J connectivity index is 1.45. The highest BCUT2D eigenvalue weighted by atomic mass is 32.2. The third kappa shape index (κ3) is 6.10. The number of methoxy groups -OCH3 is 1. The second-order valence-electron chi connectivity index (χ2n) is 7.31. The molecule has 176 valence electrons. The van der Waals surface area contributed by atoms with Crippen molar-refractivity contribution in [1.82, 2.24) is 15.3 Å². The zero-order valence-corrected chi connectivity index (χ0v) is 19.5. The number of aromatic nitrogens is 2. The van der Waals surface area contributed by atoms with Gasteiger partial charge < -0.3 is 24.8 Å². The Morgan fingerprint density at radius 1 is 1.20 bits per heavy atom. The van der Waals surface area contributed by atoms with Crippen LogP contribution in [-0.4, -0.2) is 23.1 Å². The molecule has 0 saturated heterocycles. The molecule has 0 unspecified atom stereocenters. The average Bonchev–Trinajstić information content (AvgIpc) is 3.40. The number of thioether (sulfide) groups is 1. The van der Waals surface area contributed by atoms with E-state index < -0.39 is 5.56 Å². The molecule has 10 heteroatoms. The van der Waals surface area contributed by atoms with Gasteiger partial charge in [-0.2, -0.15) is 5.26 Å². The van der Waals surface area contributed by atoms with E-state index in [4.69, 9.17) is 9.15 Å². The summed E-state index contributed by atoms with van der Waals surface area (Å²) in [6, 6.07) is 19.5. The monoisotopic (exact) mass is 487 g/mol. The summed E-state index contributed by atoms with van der Waals surface area (Å²) in [5.74, 6) is 1.73. The fraction of sp³-hybridized carbons (Fsp3) is 0.120. The molecule has 2 aromatic heterocycles. The van der Waals surface area contributed by atoms with Gasteiger partial charge in [0.05, 0.1) is 25.6 Å². The number of furan rings is 1. The number of nitrogens with zero attached hydrogens (tertiary/aromatic N) is 2. The summed E-state index contributed by atoms with van der Waals surface area (Å²) in [6.07, 6.45) is 1.55. The van der Waals surface area contributed by atoms with Gasteiger partial charge >= 0.3 is 6.03 Å². The molecular formula is C25H21N5O4S. The number of amides is 2. The number of benzene rings is 2. The Hall–Kier alpha value is -4.49. The summed E-state index contributed by atoms with van der Waals surface area (Å²) in [4.78, 5) is 31.9. The highest BCUT2D eigenvalue weighted by molar-refractivity contribution is 7.98. The molecule has 0 aliphatic heterocycles. The van der Waals surface area contributed by atoms with Crippen LogP contribution in [0.25, 0.3) is 11.3 Å². The van der Waals surface area contributed by atoms with Crippen LogP contribution in [0.5, 0.6) is 5.75 Å². The van der Waals surface area contributed by atoms with Crippen LogP contribution in [0.4, 0.5) is 10.5 Å². The largest absolute Gasteiger partial charge is 0.497 e. The van der Waals surface area contributed by atoms with Gasteiger partial charge in [-0.15, -0.1) is 0 Å². The standard InChI is InChI=1S/C25H21N5O4S/c1-33-19-8-3-6-17(12-19)22-21(13-26)23(31)30-25(29-22)35-15-16-5-2-7-18(11-16)28-24(32)27-14-20-9-4-10-34-20/h2-12H,14-15H2,1H3,(H2,27,28,32)(H,29,30,31). The first-order chi connectivity index (χ1) is 17.1. The second kappa shape index (κ2) is 11.1. The summed E-state index contributed by atoms with van der Waals surface area (Å²) in [7, 11) is 1.54. The predicted molar refractivity (Wildman–Crippen MR) is 132 cm³/mol. The van der Waals surface area contributed by atoms with E-state index in [0.29, 0.717) is 39.4 Å². The summed E-state index contributed by atoms with van der Waals surface area (Å²) in [5.41, 5.74) is 1.87. The maximum atomic E-state index is 12.5. The molecule has 2 amide bonds. The van der Waals surface area contributed by atoms with Gasteiger partial charge in [0.25, 0.3) is 5.56 Å². The first kappa shape index (κ1) is 23.7. The maximum absolute atomic E-state index is 12.5. The Morgan fingerprint density at radius 2 is 2.06 bits per heavy atom. The second-order valence-corrected chi connectivity index (χ2v) is 8.28. The van der Waals surface area contributed by atoms with Gasteiger partial charge in [-0.1, -0.05) is 36.0 Å². The molecule has 2 heterocycles. The quantitative estimate of drug-likeness (QED) is 0.246. The molecule has 4 aromatic rings. The number of aromatic amines is 1. The lowest BCUT2D eigenvalue weighted by molar-refractivity contribution is 0.251. The predicted octanol–water partition coefficient (Wildman–Crippen LogP) is 4.52. The van der Waals surface area contributed by atoms with Crippen LogP contribution in [0, 0.1) is 11.3 Å². The molecule has 9 nitrogen and oxygen atoms in total. The molecule has 4 rings (SSSR count). The zero-order valence-electron chi connectivity index (χ0n) is 18.7. The van der Waals surface area contributed by atoms with Crippen molar-refractivity contribution in [3.63, 3.8) is 0 Å². The van der Waals surface area contributed by atoms with Crippen LogP contribution in [-0.2, 0) is 12.3 Å². The third-order valence-corrected chi connectivity index (χ3v) is 5.86. The summed E-state index contributed by atoms with van der Waals surface area (Å²) >= 11 is 1.31. The van der Waals surface area contributed by atoms with Crippen LogP contribution in [0.15, 0.2) is 81.3 Å². The van der Waals surface area contributed by atoms with E-state index in [0.717, 1.165) is 5.56 Å². The van der Waals surface area contributed by atoms with Crippen molar-refractivity contribution in [2.75, 3.05) is 12.4 Å². The minimum atomic E-state index is -0.508. The van der Waals surface area contributed by atoms with Crippen LogP contribution < -0.4 is 20.9 Å². The van der Waals surface area contributed by atoms with Gasteiger partial charge in [0.15, 0.2) is 5.16 Å². The lowest BCUT2D eigenvalue weighted by Crippen LogP contribution is -2.28. The number of H-pyrrole nitrogens is 1. The van der Waals surface area contributed by atoms with Crippen LogP contribution in [0.3, 0.4) is 0 Å². The van der Waals surface area contributed by atoms with Crippen molar-refractivity contribution < 1.29 is 13.9 Å². The fourth-order valence-electron chi connectivity index (χ4n) is 3.25. The Morgan fingerprint density at radius 3 is 2.83 bits per heavy atom. The van der Waals surface area contributed by atoms with Crippen molar-refractivity contribution in [2.24, 2.45) is 0 Å². The topological polar surface area (TPSA) is 133 Å². The van der Waals surface area contributed by atoms with Crippen LogP contribution in [0.2, 0.25) is 0 Å². The zero-order chi connectivity index (χ0) is 24.6. The molecule has 0 atom stereocenters. The first-order valence-electron chi connectivity index (χ1n) is 10.5. The van der Waals surface area contributed by atoms with E-state index in [2.05, 4.69) is 20.6 Å². The third-order valence-electron chi connectivity index (χ3n) is 4.92. The highest BCUT2D eigenvalue weighted by Gasteiger charge is 2.14. The van der Waals surface area contributed by atoms with E-state index >= 15 is 0 Å². The molecule has 0 spiro atoms. The Kier molecular flexibility index (Phi) is 7.50. The van der Waals surface area contributed by atoms with Crippen molar-refractivity contribution in [3.8, 4) is 23.1 Å². The number of carbonyl (C=O) groups excluding carboxylic acids is 1. The SMILES string of the molecule is COc1cccc(-c2nc(SCc3cccc(NC(=O)NCc4ccco4)c3)[nH]c(=O)c2C#N)c1. The van der Waals surface area contributed by atoms with Gasteiger partial charge in [-0.3, -0.25) is 4.79 Å². The minimum absolute atomic E-state index is 0.0608. The summed E-state index contributed by atoms with van der Waals surface area (Å²) in [6.45, 7) is 0.279. The summed E-state index contributed by atoms with van der Waals surface area (Å²) in [5, 5.41) is 15.4. The number of urea groups is 1. The van der Waals surface area contributed by atoms with Gasteiger partial charge in [-0.05, 0) is 42.0 Å². The van der Waals surface area contributed by atoms with Gasteiger partial charge in [0, 0.05) is 17.0 Å². The number of nitriles is 1. The number of rotatable bonds is 8. The van der Waals surface area contributed by atoms with E-state index in [1.165, 1.54) is 11.8 Å². The molecular weight excluding hydrogens is 466 g/mol. The highest BCUT2D eigenvalue weighted by Crippen LogP contribution is 2.27. The molecule has 0 bridgehead atoms. The van der Waals surface area contributed by atoms with Crippen LogP contribution in [0.1, 0.15) is 16.9 Å². The molecule has 3 N–H and O–H groups in total. The van der Waals surface area contributed by atoms with Crippen LogP contribution >= 0.6 is 11.8 Å². The first-order valence-corrected chi connectivity index (χ1v) is 11.5. The van der Waals surface area contributed by atoms with E-state index in [9.17, 15) is 14.9 Å². The molecule has 0 aliphatic carbocycles. The molecule has 0 radical (unpaired) electrons. The number of hydrogen-bond donors (Lipinski definition) is 3. The Bertz CT molecular complexity index is 1430. The molecule has 0 aliphatic rings. The lowest BCUT2D eigenvalue weighted by atomic mass is 10.1. The smallest absolute Gasteiger partial charge is 0.319 e. The van der Waals surface area contributed by atoms with Crippen molar-refractivity contribution in [3.05, 3.63) is 94.2 Å². The number of hydrogen-bond acceptors (Lipinski definition) is 7. The minimum Gasteiger partial charge on any atom is -0.497 e. The fourth-order valence-corrected chi connectivity index (χ4v) is 4.05. The summed E-state index contributed by atoms with van der Waals surface area (Å²) < 4.78 is 10.4. The number of carbonyl (C=O) groups is 1. The number of ether oxygens (including phenoxy) is 1.